The van der Waals surface area contributed by atoms with Crippen molar-refractivity contribution in [3.8, 4) is 0 Å². The van der Waals surface area contributed by atoms with Crippen LogP contribution in [-0.4, -0.2) is 30.6 Å². The van der Waals surface area contributed by atoms with Gasteiger partial charge in [0, 0.05) is 23.2 Å². The number of nitrogens with two attached hydrogens (primary N) is 1. The van der Waals surface area contributed by atoms with Gasteiger partial charge in [0.1, 0.15) is 0 Å². The molecule has 0 bridgehead atoms. The highest BCUT2D eigenvalue weighted by Gasteiger charge is 2.13. The highest BCUT2D eigenvalue weighted by molar-refractivity contribution is 7.98. The fourth-order valence-corrected chi connectivity index (χ4v) is 2.45. The standard InChI is InChI=1S/C14H22N2O2S/c1-4-10(9-19-3)16-11-6-7-13(15)12(8-11)14(17)18-5-2/h6-8,10,16H,4-5,9,15H2,1-3H3. The predicted molar refractivity (Wildman–Crippen MR) is 82.9 cm³/mol. The zero-order valence-corrected chi connectivity index (χ0v) is 12.5. The minimum atomic E-state index is -0.374. The highest BCUT2D eigenvalue weighted by atomic mass is 32.2. The summed E-state index contributed by atoms with van der Waals surface area (Å²) in [5, 5.41) is 3.41. The molecule has 0 fully saturated rings. The lowest BCUT2D eigenvalue weighted by Gasteiger charge is -2.18. The summed E-state index contributed by atoms with van der Waals surface area (Å²) in [6.45, 7) is 4.26. The van der Waals surface area contributed by atoms with E-state index in [-0.39, 0.29) is 5.97 Å². The van der Waals surface area contributed by atoms with E-state index in [1.165, 1.54) is 0 Å². The van der Waals surface area contributed by atoms with Gasteiger partial charge in [0.05, 0.1) is 12.2 Å². The first-order valence-corrected chi connectivity index (χ1v) is 7.83. The van der Waals surface area contributed by atoms with E-state index < -0.39 is 0 Å². The summed E-state index contributed by atoms with van der Waals surface area (Å²) < 4.78 is 4.99. The smallest absolute Gasteiger partial charge is 0.340 e. The Labute approximate surface area is 119 Å². The molecule has 1 atom stereocenters. The lowest BCUT2D eigenvalue weighted by molar-refractivity contribution is 0.0527. The van der Waals surface area contributed by atoms with Crippen LogP contribution in [0.2, 0.25) is 0 Å². The zero-order chi connectivity index (χ0) is 14.3. The fourth-order valence-electron chi connectivity index (χ4n) is 1.73. The van der Waals surface area contributed by atoms with E-state index in [0.29, 0.717) is 23.9 Å². The highest BCUT2D eigenvalue weighted by Crippen LogP contribution is 2.20. The first-order valence-electron chi connectivity index (χ1n) is 6.44. The number of anilines is 2. The molecule has 0 aromatic heterocycles. The number of hydrogen-bond acceptors (Lipinski definition) is 5. The van der Waals surface area contributed by atoms with Gasteiger partial charge in [-0.25, -0.2) is 4.79 Å². The van der Waals surface area contributed by atoms with Crippen molar-refractivity contribution < 1.29 is 9.53 Å². The van der Waals surface area contributed by atoms with E-state index in [1.54, 1.807) is 30.8 Å². The first-order chi connectivity index (χ1) is 9.12. The van der Waals surface area contributed by atoms with Crippen LogP contribution < -0.4 is 11.1 Å². The Morgan fingerprint density at radius 3 is 2.79 bits per heavy atom. The molecule has 5 heteroatoms. The number of carbonyl (C=O) groups excluding carboxylic acids is 1. The average Bonchev–Trinajstić information content (AvgIpc) is 2.40. The Morgan fingerprint density at radius 1 is 1.47 bits per heavy atom. The second-order valence-electron chi connectivity index (χ2n) is 4.23. The number of carbonyl (C=O) groups is 1. The van der Waals surface area contributed by atoms with E-state index >= 15 is 0 Å². The van der Waals surface area contributed by atoms with Crippen LogP contribution in [0.15, 0.2) is 18.2 Å². The maximum Gasteiger partial charge on any atom is 0.340 e. The average molecular weight is 282 g/mol. The lowest BCUT2D eigenvalue weighted by atomic mass is 10.1. The van der Waals surface area contributed by atoms with Crippen LogP contribution in [0.5, 0.6) is 0 Å². The molecule has 0 aliphatic rings. The van der Waals surface area contributed by atoms with Crippen molar-refractivity contribution in [2.45, 2.75) is 26.3 Å². The summed E-state index contributed by atoms with van der Waals surface area (Å²) in [7, 11) is 0. The van der Waals surface area contributed by atoms with Crippen molar-refractivity contribution >= 4 is 29.1 Å². The fraction of sp³-hybridized carbons (Fsp3) is 0.500. The van der Waals surface area contributed by atoms with Gasteiger partial charge in [-0.15, -0.1) is 0 Å². The minimum absolute atomic E-state index is 0.347. The summed E-state index contributed by atoms with van der Waals surface area (Å²) in [6, 6.07) is 5.77. The van der Waals surface area contributed by atoms with Gasteiger partial charge in [0.2, 0.25) is 0 Å². The van der Waals surface area contributed by atoms with Gasteiger partial charge in [-0.1, -0.05) is 6.92 Å². The number of esters is 1. The van der Waals surface area contributed by atoms with Crippen molar-refractivity contribution in [2.24, 2.45) is 0 Å². The molecule has 1 aromatic rings. The maximum absolute atomic E-state index is 11.8. The third-order valence-corrected chi connectivity index (χ3v) is 3.52. The minimum Gasteiger partial charge on any atom is -0.462 e. The molecule has 0 spiro atoms. The molecule has 3 N–H and O–H groups in total. The topological polar surface area (TPSA) is 64.3 Å². The molecule has 0 heterocycles. The van der Waals surface area contributed by atoms with Gasteiger partial charge in [0.15, 0.2) is 0 Å². The van der Waals surface area contributed by atoms with Crippen molar-refractivity contribution in [2.75, 3.05) is 29.7 Å². The summed E-state index contributed by atoms with van der Waals surface area (Å²) >= 11 is 1.80. The van der Waals surface area contributed by atoms with Gasteiger partial charge in [0.25, 0.3) is 0 Å². The van der Waals surface area contributed by atoms with Crippen molar-refractivity contribution in [1.82, 2.24) is 0 Å². The van der Waals surface area contributed by atoms with Gasteiger partial charge in [-0.3, -0.25) is 0 Å². The third kappa shape index (κ3) is 4.67. The SMILES string of the molecule is CCOC(=O)c1cc(NC(CC)CSC)ccc1N. The monoisotopic (exact) mass is 282 g/mol. The normalized spacial score (nSPS) is 11.9. The van der Waals surface area contributed by atoms with Crippen molar-refractivity contribution in [3.63, 3.8) is 0 Å². The Kier molecular flexibility index (Phi) is 6.56. The van der Waals surface area contributed by atoms with Gasteiger partial charge in [-0.05, 0) is 37.8 Å². The number of benzene rings is 1. The lowest BCUT2D eigenvalue weighted by Crippen LogP contribution is -2.21. The molecule has 106 valence electrons. The van der Waals surface area contributed by atoms with Crippen LogP contribution in [0.3, 0.4) is 0 Å². The predicted octanol–water partition coefficient (Wildman–Crippen LogP) is 3.00. The van der Waals surface area contributed by atoms with Crippen LogP contribution >= 0.6 is 11.8 Å². The van der Waals surface area contributed by atoms with Crippen LogP contribution in [0.4, 0.5) is 11.4 Å². The van der Waals surface area contributed by atoms with Crippen LogP contribution in [0.25, 0.3) is 0 Å². The van der Waals surface area contributed by atoms with Crippen LogP contribution in [0, 0.1) is 0 Å². The second kappa shape index (κ2) is 7.94. The molecule has 4 nitrogen and oxygen atoms in total. The summed E-state index contributed by atoms with van der Waals surface area (Å²) in [6.07, 6.45) is 3.11. The quantitative estimate of drug-likeness (QED) is 0.594. The molecule has 0 aliphatic carbocycles. The Hall–Kier alpha value is -1.36. The molecular weight excluding hydrogens is 260 g/mol. The van der Waals surface area contributed by atoms with E-state index in [1.807, 2.05) is 6.07 Å². The van der Waals surface area contributed by atoms with E-state index in [4.69, 9.17) is 10.5 Å². The van der Waals surface area contributed by atoms with Gasteiger partial charge in [-0.2, -0.15) is 11.8 Å². The molecule has 1 aromatic carbocycles. The third-order valence-electron chi connectivity index (χ3n) is 2.78. The van der Waals surface area contributed by atoms with E-state index in [0.717, 1.165) is 17.9 Å². The molecule has 0 aliphatic heterocycles. The van der Waals surface area contributed by atoms with Crippen LogP contribution in [-0.2, 0) is 4.74 Å². The second-order valence-corrected chi connectivity index (χ2v) is 5.14. The van der Waals surface area contributed by atoms with Gasteiger partial charge >= 0.3 is 5.97 Å². The molecule has 0 radical (unpaired) electrons. The summed E-state index contributed by atoms with van der Waals surface area (Å²) in [5.41, 5.74) is 7.58. The molecular formula is C14H22N2O2S. The number of nitrogens with one attached hydrogen (secondary N) is 1. The van der Waals surface area contributed by atoms with E-state index in [9.17, 15) is 4.79 Å². The number of rotatable bonds is 7. The van der Waals surface area contributed by atoms with Crippen molar-refractivity contribution in [1.29, 1.82) is 0 Å². The summed E-state index contributed by atoms with van der Waals surface area (Å²) in [5.74, 6) is 0.650. The van der Waals surface area contributed by atoms with Crippen molar-refractivity contribution in [3.05, 3.63) is 23.8 Å². The van der Waals surface area contributed by atoms with E-state index in [2.05, 4.69) is 18.5 Å². The molecule has 0 saturated carbocycles. The molecule has 1 rings (SSSR count). The number of nitrogen functional groups attached to an aromatic ring is 1. The molecule has 1 unspecified atom stereocenters. The molecule has 0 amide bonds. The largest absolute Gasteiger partial charge is 0.462 e. The summed E-state index contributed by atoms with van der Waals surface area (Å²) in [4.78, 5) is 11.8. The number of hydrogen-bond donors (Lipinski definition) is 2. The molecule has 19 heavy (non-hydrogen) atoms. The maximum atomic E-state index is 11.8. The Bertz CT molecular complexity index is 424. The van der Waals surface area contributed by atoms with Crippen LogP contribution in [0.1, 0.15) is 30.6 Å². The van der Waals surface area contributed by atoms with Gasteiger partial charge < -0.3 is 15.8 Å². The zero-order valence-electron chi connectivity index (χ0n) is 11.7. The number of ether oxygens (including phenoxy) is 1. The molecule has 0 saturated heterocycles. The first kappa shape index (κ1) is 15.7. The Balaban J connectivity index is 2.86. The number of thioether (sulfide) groups is 1. The Morgan fingerprint density at radius 2 is 2.21 bits per heavy atom.